The van der Waals surface area contributed by atoms with Crippen LogP contribution in [0.25, 0.3) is 0 Å². The van der Waals surface area contributed by atoms with Crippen molar-refractivity contribution < 1.29 is 18.3 Å². The molecule has 5 nitrogen and oxygen atoms in total. The van der Waals surface area contributed by atoms with Crippen molar-refractivity contribution in [3.05, 3.63) is 29.3 Å². The van der Waals surface area contributed by atoms with Crippen molar-refractivity contribution in [3.8, 4) is 11.8 Å². The Balaban J connectivity index is 2.18. The lowest BCUT2D eigenvalue weighted by molar-refractivity contribution is -0.119. The zero-order valence-corrected chi connectivity index (χ0v) is 12.5. The molecule has 1 saturated heterocycles. The maximum atomic E-state index is 12.1. The van der Waals surface area contributed by atoms with Crippen molar-refractivity contribution in [2.45, 2.75) is 13.3 Å². The van der Waals surface area contributed by atoms with E-state index in [1.807, 2.05) is 19.1 Å². The minimum atomic E-state index is -3.09. The van der Waals surface area contributed by atoms with Crippen LogP contribution in [-0.2, 0) is 14.6 Å². The van der Waals surface area contributed by atoms with Gasteiger partial charge in [-0.25, -0.2) is 8.42 Å². The standard InChI is InChI=1S/C15H17NO4S/c1-11-4-5-14(12(9-11)3-2-7-17)16-15(18)13-6-8-21(19,20)10-13/h4-5,9,13,17H,6-8,10H2,1H3,(H,16,18). The number of hydrogen-bond acceptors (Lipinski definition) is 4. The summed E-state index contributed by atoms with van der Waals surface area (Å²) in [6.07, 6.45) is 0.359. The maximum Gasteiger partial charge on any atom is 0.228 e. The normalized spacial score (nSPS) is 19.6. The molecule has 1 aliphatic rings. The van der Waals surface area contributed by atoms with E-state index in [2.05, 4.69) is 17.2 Å². The molecule has 2 N–H and O–H groups in total. The van der Waals surface area contributed by atoms with Gasteiger partial charge in [-0.15, -0.1) is 0 Å². The first-order valence-electron chi connectivity index (χ1n) is 6.63. The summed E-state index contributed by atoms with van der Waals surface area (Å²) >= 11 is 0. The molecule has 1 atom stereocenters. The Labute approximate surface area is 124 Å². The van der Waals surface area contributed by atoms with Crippen molar-refractivity contribution in [1.82, 2.24) is 0 Å². The van der Waals surface area contributed by atoms with Gasteiger partial charge in [0.15, 0.2) is 9.84 Å². The van der Waals surface area contributed by atoms with E-state index in [1.54, 1.807) is 6.07 Å². The van der Waals surface area contributed by atoms with Crippen molar-refractivity contribution in [2.75, 3.05) is 23.4 Å². The summed E-state index contributed by atoms with van der Waals surface area (Å²) in [5, 5.41) is 11.5. The van der Waals surface area contributed by atoms with Crippen LogP contribution < -0.4 is 5.32 Å². The molecule has 1 aromatic rings. The molecule has 1 fully saturated rings. The molecule has 0 spiro atoms. The van der Waals surface area contributed by atoms with Crippen molar-refractivity contribution in [3.63, 3.8) is 0 Å². The highest BCUT2D eigenvalue weighted by molar-refractivity contribution is 7.91. The second-order valence-corrected chi connectivity index (χ2v) is 7.33. The van der Waals surface area contributed by atoms with E-state index in [0.717, 1.165) is 5.56 Å². The second kappa shape index (κ2) is 6.29. The first-order valence-corrected chi connectivity index (χ1v) is 8.45. The number of carbonyl (C=O) groups excluding carboxylic acids is 1. The predicted molar refractivity (Wildman–Crippen MR) is 80.5 cm³/mol. The molecule has 1 aromatic carbocycles. The Kier molecular flexibility index (Phi) is 4.66. The van der Waals surface area contributed by atoms with Gasteiger partial charge in [0.25, 0.3) is 0 Å². The monoisotopic (exact) mass is 307 g/mol. The molecule has 0 radical (unpaired) electrons. The number of aliphatic hydroxyl groups excluding tert-OH is 1. The fourth-order valence-corrected chi connectivity index (χ4v) is 3.98. The summed E-state index contributed by atoms with van der Waals surface area (Å²) in [6.45, 7) is 1.64. The molecule has 1 heterocycles. The van der Waals surface area contributed by atoms with Crippen LogP contribution in [0.3, 0.4) is 0 Å². The molecule has 112 valence electrons. The Hall–Kier alpha value is -1.84. The van der Waals surface area contributed by atoms with Gasteiger partial charge in [0, 0.05) is 5.56 Å². The number of anilines is 1. The molecule has 0 saturated carbocycles. The van der Waals surface area contributed by atoms with Gasteiger partial charge in [-0.05, 0) is 31.0 Å². The lowest BCUT2D eigenvalue weighted by Crippen LogP contribution is -2.24. The van der Waals surface area contributed by atoms with Crippen LogP contribution >= 0.6 is 0 Å². The average molecular weight is 307 g/mol. The summed E-state index contributed by atoms with van der Waals surface area (Å²) in [5.74, 6) is 4.50. The molecule has 1 unspecified atom stereocenters. The fourth-order valence-electron chi connectivity index (χ4n) is 2.24. The highest BCUT2D eigenvalue weighted by atomic mass is 32.2. The molecular formula is C15H17NO4S. The maximum absolute atomic E-state index is 12.1. The highest BCUT2D eigenvalue weighted by Crippen LogP contribution is 2.22. The van der Waals surface area contributed by atoms with E-state index in [9.17, 15) is 13.2 Å². The number of sulfone groups is 1. The quantitative estimate of drug-likeness (QED) is 0.788. The van der Waals surface area contributed by atoms with Gasteiger partial charge < -0.3 is 10.4 Å². The van der Waals surface area contributed by atoms with Gasteiger partial charge in [0.1, 0.15) is 6.61 Å². The van der Waals surface area contributed by atoms with Gasteiger partial charge in [-0.3, -0.25) is 4.79 Å². The number of amides is 1. The van der Waals surface area contributed by atoms with Gasteiger partial charge in [-0.2, -0.15) is 0 Å². The second-order valence-electron chi connectivity index (χ2n) is 5.10. The number of aryl methyl sites for hydroxylation is 1. The van der Waals surface area contributed by atoms with Gasteiger partial charge in [-0.1, -0.05) is 17.9 Å². The number of carbonyl (C=O) groups is 1. The van der Waals surface area contributed by atoms with Gasteiger partial charge in [0.2, 0.25) is 5.91 Å². The first-order chi connectivity index (χ1) is 9.91. The number of aliphatic hydroxyl groups is 1. The minimum Gasteiger partial charge on any atom is -0.384 e. The minimum absolute atomic E-state index is 0.0656. The Bertz CT molecular complexity index is 713. The number of rotatable bonds is 2. The van der Waals surface area contributed by atoms with Crippen molar-refractivity contribution in [2.24, 2.45) is 5.92 Å². The largest absolute Gasteiger partial charge is 0.384 e. The SMILES string of the molecule is Cc1ccc(NC(=O)C2CCS(=O)(=O)C2)c(C#CCO)c1. The number of benzene rings is 1. The summed E-state index contributed by atoms with van der Waals surface area (Å²) in [7, 11) is -3.09. The Morgan fingerprint density at radius 1 is 1.48 bits per heavy atom. The molecule has 2 rings (SSSR count). The van der Waals surface area contributed by atoms with Crippen LogP contribution in [0.5, 0.6) is 0 Å². The van der Waals surface area contributed by atoms with Crippen LogP contribution in [0.1, 0.15) is 17.5 Å². The number of hydrogen-bond donors (Lipinski definition) is 2. The van der Waals surface area contributed by atoms with Crippen LogP contribution in [0, 0.1) is 24.7 Å². The first kappa shape index (κ1) is 15.5. The molecule has 1 aliphatic heterocycles. The van der Waals surface area contributed by atoms with E-state index in [0.29, 0.717) is 17.7 Å². The van der Waals surface area contributed by atoms with E-state index in [-0.39, 0.29) is 24.0 Å². The topological polar surface area (TPSA) is 83.5 Å². The Morgan fingerprint density at radius 2 is 2.24 bits per heavy atom. The van der Waals surface area contributed by atoms with Crippen LogP contribution in [0.15, 0.2) is 18.2 Å². The van der Waals surface area contributed by atoms with E-state index >= 15 is 0 Å². The van der Waals surface area contributed by atoms with Crippen LogP contribution in [0.2, 0.25) is 0 Å². The van der Waals surface area contributed by atoms with Gasteiger partial charge >= 0.3 is 0 Å². The molecular weight excluding hydrogens is 290 g/mol. The third-order valence-electron chi connectivity index (χ3n) is 3.34. The molecule has 0 aromatic heterocycles. The predicted octanol–water partition coefficient (Wildman–Crippen LogP) is 0.712. The zero-order chi connectivity index (χ0) is 15.5. The van der Waals surface area contributed by atoms with Crippen molar-refractivity contribution >= 4 is 21.4 Å². The molecule has 21 heavy (non-hydrogen) atoms. The lowest BCUT2D eigenvalue weighted by atomic mass is 10.1. The third kappa shape index (κ3) is 4.06. The Morgan fingerprint density at radius 3 is 2.86 bits per heavy atom. The van der Waals surface area contributed by atoms with E-state index < -0.39 is 15.8 Å². The molecule has 6 heteroatoms. The smallest absolute Gasteiger partial charge is 0.228 e. The average Bonchev–Trinajstić information content (AvgIpc) is 2.79. The third-order valence-corrected chi connectivity index (χ3v) is 5.11. The van der Waals surface area contributed by atoms with Crippen molar-refractivity contribution in [1.29, 1.82) is 0 Å². The summed E-state index contributed by atoms with van der Waals surface area (Å²) < 4.78 is 22.8. The summed E-state index contributed by atoms with van der Waals surface area (Å²) in [6, 6.07) is 5.38. The van der Waals surface area contributed by atoms with Gasteiger partial charge in [0.05, 0.1) is 23.1 Å². The van der Waals surface area contributed by atoms with Crippen LogP contribution in [-0.4, -0.2) is 37.5 Å². The molecule has 0 bridgehead atoms. The summed E-state index contributed by atoms with van der Waals surface area (Å²) in [5.41, 5.74) is 2.13. The van der Waals surface area contributed by atoms with E-state index in [1.165, 1.54) is 0 Å². The highest BCUT2D eigenvalue weighted by Gasteiger charge is 2.33. The molecule has 0 aliphatic carbocycles. The lowest BCUT2D eigenvalue weighted by Gasteiger charge is -2.11. The fraction of sp³-hybridized carbons (Fsp3) is 0.400. The summed E-state index contributed by atoms with van der Waals surface area (Å²) in [4.78, 5) is 12.1. The zero-order valence-electron chi connectivity index (χ0n) is 11.7. The number of nitrogens with one attached hydrogen (secondary N) is 1. The van der Waals surface area contributed by atoms with E-state index in [4.69, 9.17) is 5.11 Å². The van der Waals surface area contributed by atoms with Crippen LogP contribution in [0.4, 0.5) is 5.69 Å². The molecule has 1 amide bonds.